The van der Waals surface area contributed by atoms with Crippen molar-refractivity contribution in [2.75, 3.05) is 0 Å². The van der Waals surface area contributed by atoms with Gasteiger partial charge in [0.05, 0.1) is 0 Å². The molecule has 5 aromatic rings. The topological polar surface area (TPSA) is 0 Å². The van der Waals surface area contributed by atoms with Gasteiger partial charge in [-0.1, -0.05) is 68.4 Å². The molecule has 0 aromatic heterocycles. The van der Waals surface area contributed by atoms with Gasteiger partial charge in [-0.2, -0.15) is 0 Å². The zero-order chi connectivity index (χ0) is 30.9. The lowest BCUT2D eigenvalue weighted by Gasteiger charge is -2.12. The van der Waals surface area contributed by atoms with E-state index < -0.39 is 0 Å². The Hall–Kier alpha value is -4.52. The highest BCUT2D eigenvalue weighted by molar-refractivity contribution is 7.80. The number of hydrogen-bond donors (Lipinski definition) is 2. The Kier molecular flexibility index (Phi) is 10.4. The highest BCUT2D eigenvalue weighted by Crippen LogP contribution is 2.28. The second kappa shape index (κ2) is 14.8. The standard InChI is InChI=1S/C42H34S2/c1-4-34-27-32(8-7-30-12-22-40(43)23-13-30)10-18-37(34)19-11-33-16-26-42(36(6-3)28-33)39-21-20-38(35(5-2)29-39)17-9-31-14-24-41(44)25-15-31/h10,12-16,18,20-29,43-44H,4-6H2,1-3H3. The third-order valence-electron chi connectivity index (χ3n) is 7.54. The summed E-state index contributed by atoms with van der Waals surface area (Å²) in [6, 6.07) is 35.3. The minimum absolute atomic E-state index is 0.898. The monoisotopic (exact) mass is 602 g/mol. The van der Waals surface area contributed by atoms with Crippen LogP contribution in [-0.2, 0) is 19.3 Å². The second-order valence-electron chi connectivity index (χ2n) is 10.5. The van der Waals surface area contributed by atoms with Crippen LogP contribution >= 0.6 is 25.3 Å². The summed E-state index contributed by atoms with van der Waals surface area (Å²) in [5.41, 5.74) is 12.3. The molecule has 0 unspecified atom stereocenters. The third kappa shape index (κ3) is 7.90. The summed E-state index contributed by atoms with van der Waals surface area (Å²) < 4.78 is 0. The first kappa shape index (κ1) is 30.9. The van der Waals surface area contributed by atoms with Gasteiger partial charge in [0.25, 0.3) is 0 Å². The van der Waals surface area contributed by atoms with Gasteiger partial charge in [-0.05, 0) is 138 Å². The second-order valence-corrected chi connectivity index (χ2v) is 11.6. The molecule has 0 fully saturated rings. The zero-order valence-electron chi connectivity index (χ0n) is 25.3. The molecule has 0 saturated heterocycles. The summed E-state index contributed by atoms with van der Waals surface area (Å²) in [6.07, 6.45) is 2.75. The van der Waals surface area contributed by atoms with Crippen molar-refractivity contribution < 1.29 is 0 Å². The Morgan fingerprint density at radius 2 is 0.818 bits per heavy atom. The first-order valence-electron chi connectivity index (χ1n) is 15.0. The maximum atomic E-state index is 4.37. The predicted octanol–water partition coefficient (Wildman–Crippen LogP) is 9.82. The lowest BCUT2D eigenvalue weighted by Crippen LogP contribution is -1.94. The Bertz CT molecular complexity index is 1980. The maximum absolute atomic E-state index is 4.37. The molecular weight excluding hydrogens is 569 g/mol. The fraction of sp³-hybridized carbons (Fsp3) is 0.143. The van der Waals surface area contributed by atoms with Crippen LogP contribution in [0.3, 0.4) is 0 Å². The summed E-state index contributed by atoms with van der Waals surface area (Å²) in [6.45, 7) is 6.55. The molecule has 0 aliphatic rings. The molecule has 214 valence electrons. The summed E-state index contributed by atoms with van der Waals surface area (Å²) in [5, 5.41) is 0. The number of benzene rings is 5. The molecule has 0 nitrogen and oxygen atoms in total. The molecule has 0 aliphatic carbocycles. The van der Waals surface area contributed by atoms with Crippen LogP contribution in [0.4, 0.5) is 0 Å². The number of aryl methyl sites for hydroxylation is 3. The van der Waals surface area contributed by atoms with Gasteiger partial charge in [0.1, 0.15) is 0 Å². The lowest BCUT2D eigenvalue weighted by atomic mass is 9.92. The van der Waals surface area contributed by atoms with Crippen molar-refractivity contribution in [3.63, 3.8) is 0 Å². The number of thiol groups is 2. The predicted molar refractivity (Wildman–Crippen MR) is 192 cm³/mol. The smallest absolute Gasteiger partial charge is 0.0281 e. The van der Waals surface area contributed by atoms with Crippen LogP contribution in [0.5, 0.6) is 0 Å². The summed E-state index contributed by atoms with van der Waals surface area (Å²) >= 11 is 8.71. The van der Waals surface area contributed by atoms with Crippen LogP contribution < -0.4 is 0 Å². The van der Waals surface area contributed by atoms with E-state index in [-0.39, 0.29) is 0 Å². The van der Waals surface area contributed by atoms with Gasteiger partial charge in [0.2, 0.25) is 0 Å². The molecule has 0 bridgehead atoms. The van der Waals surface area contributed by atoms with Crippen LogP contribution in [0.2, 0.25) is 0 Å². The molecular formula is C42H34S2. The summed E-state index contributed by atoms with van der Waals surface area (Å²) in [5.74, 6) is 20.1. The van der Waals surface area contributed by atoms with E-state index in [1.165, 1.54) is 27.8 Å². The average Bonchev–Trinajstić information content (AvgIpc) is 3.06. The maximum Gasteiger partial charge on any atom is 0.0281 e. The lowest BCUT2D eigenvalue weighted by molar-refractivity contribution is 1.12. The first-order valence-corrected chi connectivity index (χ1v) is 15.9. The Labute approximate surface area is 273 Å². The van der Waals surface area contributed by atoms with Crippen LogP contribution in [0, 0.1) is 35.5 Å². The molecule has 0 spiro atoms. The van der Waals surface area contributed by atoms with Gasteiger partial charge in [-0.15, -0.1) is 25.3 Å². The Balaban J connectivity index is 1.37. The van der Waals surface area contributed by atoms with Crippen LogP contribution in [0.1, 0.15) is 70.8 Å². The Morgan fingerprint density at radius 1 is 0.409 bits per heavy atom. The number of rotatable bonds is 4. The van der Waals surface area contributed by atoms with E-state index in [0.29, 0.717) is 0 Å². The van der Waals surface area contributed by atoms with Crippen molar-refractivity contribution in [3.8, 4) is 46.6 Å². The first-order chi connectivity index (χ1) is 21.4. The van der Waals surface area contributed by atoms with E-state index in [0.717, 1.165) is 62.4 Å². The van der Waals surface area contributed by atoms with Gasteiger partial charge in [-0.3, -0.25) is 0 Å². The van der Waals surface area contributed by atoms with E-state index >= 15 is 0 Å². The van der Waals surface area contributed by atoms with Crippen LogP contribution in [-0.4, -0.2) is 0 Å². The van der Waals surface area contributed by atoms with Crippen molar-refractivity contribution in [1.29, 1.82) is 0 Å². The Morgan fingerprint density at radius 3 is 1.39 bits per heavy atom. The summed E-state index contributed by atoms with van der Waals surface area (Å²) in [7, 11) is 0. The van der Waals surface area contributed by atoms with Crippen molar-refractivity contribution in [1.82, 2.24) is 0 Å². The van der Waals surface area contributed by atoms with Crippen LogP contribution in [0.25, 0.3) is 11.1 Å². The molecule has 44 heavy (non-hydrogen) atoms. The van der Waals surface area contributed by atoms with Gasteiger partial charge in [0.15, 0.2) is 0 Å². The molecule has 0 saturated carbocycles. The summed E-state index contributed by atoms with van der Waals surface area (Å²) in [4.78, 5) is 1.88. The molecule has 0 N–H and O–H groups in total. The molecule has 0 atom stereocenters. The highest BCUT2D eigenvalue weighted by atomic mass is 32.1. The molecule has 0 amide bonds. The van der Waals surface area contributed by atoms with Crippen molar-refractivity contribution in [2.45, 2.75) is 49.8 Å². The van der Waals surface area contributed by atoms with Gasteiger partial charge < -0.3 is 0 Å². The fourth-order valence-corrected chi connectivity index (χ4v) is 5.32. The molecule has 0 heterocycles. The molecule has 2 heteroatoms. The van der Waals surface area contributed by atoms with Gasteiger partial charge in [-0.25, -0.2) is 0 Å². The van der Waals surface area contributed by atoms with E-state index in [1.807, 2.05) is 48.5 Å². The van der Waals surface area contributed by atoms with E-state index in [2.05, 4.69) is 136 Å². The molecule has 0 aliphatic heterocycles. The van der Waals surface area contributed by atoms with E-state index in [1.54, 1.807) is 0 Å². The SMILES string of the molecule is CCc1cc(C#Cc2ccc(S)cc2)ccc1C#Cc1ccc(-c2ccc(C#Cc3ccc(S)cc3)c(CC)c2)c(CC)c1. The normalized spacial score (nSPS) is 10.1. The van der Waals surface area contributed by atoms with Gasteiger partial charge >= 0.3 is 0 Å². The molecule has 5 rings (SSSR count). The minimum Gasteiger partial charge on any atom is -0.143 e. The van der Waals surface area contributed by atoms with Crippen molar-refractivity contribution in [2.24, 2.45) is 0 Å². The zero-order valence-corrected chi connectivity index (χ0v) is 27.1. The third-order valence-corrected chi connectivity index (χ3v) is 8.13. The highest BCUT2D eigenvalue weighted by Gasteiger charge is 2.08. The molecule has 5 aromatic carbocycles. The van der Waals surface area contributed by atoms with E-state index in [4.69, 9.17) is 0 Å². The fourth-order valence-electron chi connectivity index (χ4n) is 5.02. The van der Waals surface area contributed by atoms with Crippen molar-refractivity contribution in [3.05, 3.63) is 153 Å². The number of hydrogen-bond acceptors (Lipinski definition) is 2. The minimum atomic E-state index is 0.898. The largest absolute Gasteiger partial charge is 0.143 e. The van der Waals surface area contributed by atoms with Crippen LogP contribution in [0.15, 0.2) is 113 Å². The van der Waals surface area contributed by atoms with Gasteiger partial charge in [0, 0.05) is 43.2 Å². The quantitative estimate of drug-likeness (QED) is 0.148. The van der Waals surface area contributed by atoms with Crippen molar-refractivity contribution >= 4 is 25.3 Å². The average molecular weight is 603 g/mol. The van der Waals surface area contributed by atoms with E-state index in [9.17, 15) is 0 Å². The molecule has 0 radical (unpaired) electrons.